The third-order valence-corrected chi connectivity index (χ3v) is 6.27. The van der Waals surface area contributed by atoms with E-state index in [1.54, 1.807) is 6.20 Å². The average molecular weight is 457 g/mol. The van der Waals surface area contributed by atoms with Crippen molar-refractivity contribution in [3.63, 3.8) is 0 Å². The summed E-state index contributed by atoms with van der Waals surface area (Å²) in [5, 5.41) is 10.00. The van der Waals surface area contributed by atoms with Crippen LogP contribution in [0.4, 0.5) is 0 Å². The van der Waals surface area contributed by atoms with Crippen LogP contribution in [0.3, 0.4) is 0 Å². The predicted molar refractivity (Wildman–Crippen MR) is 124 cm³/mol. The van der Waals surface area contributed by atoms with E-state index < -0.39 is 0 Å². The molecule has 1 atom stereocenters. The largest absolute Gasteiger partial charge is 0.348 e. The topological polar surface area (TPSA) is 83.9 Å². The van der Waals surface area contributed by atoms with Gasteiger partial charge in [-0.05, 0) is 62.2 Å². The van der Waals surface area contributed by atoms with Crippen molar-refractivity contribution in [2.75, 3.05) is 19.6 Å². The molecule has 2 aliphatic rings. The van der Waals surface area contributed by atoms with Crippen LogP contribution < -0.4 is 16.0 Å². The molecular weight excluding hydrogens is 423 g/mol. The lowest BCUT2D eigenvalue weighted by atomic mass is 9.77. The summed E-state index contributed by atoms with van der Waals surface area (Å²) in [4.78, 5) is 22.0. The highest BCUT2D eigenvalue weighted by Gasteiger charge is 2.42. The first-order chi connectivity index (χ1) is 13.6. The Balaban J connectivity index is 0.00000160. The van der Waals surface area contributed by atoms with Crippen molar-refractivity contribution < 1.29 is 4.79 Å². The molecule has 2 saturated heterocycles. The van der Waals surface area contributed by atoms with Crippen LogP contribution in [-0.2, 0) is 17.9 Å². The number of halogens is 2. The molecular formula is C21H34Cl2N6O. The van der Waals surface area contributed by atoms with Crippen LogP contribution in [0.25, 0.3) is 11.2 Å². The lowest BCUT2D eigenvalue weighted by Gasteiger charge is -2.33. The summed E-state index contributed by atoms with van der Waals surface area (Å²) in [6, 6.07) is 3.80. The molecule has 2 aromatic heterocycles. The molecule has 0 radical (unpaired) electrons. The van der Waals surface area contributed by atoms with E-state index in [0.717, 1.165) is 68.9 Å². The highest BCUT2D eigenvalue weighted by Crippen LogP contribution is 2.37. The number of imidazole rings is 1. The van der Waals surface area contributed by atoms with Gasteiger partial charge in [0.2, 0.25) is 5.91 Å². The number of carbonyl (C=O) groups is 1. The van der Waals surface area contributed by atoms with E-state index in [4.69, 9.17) is 4.98 Å². The van der Waals surface area contributed by atoms with Gasteiger partial charge in [-0.25, -0.2) is 9.97 Å². The first-order valence-corrected chi connectivity index (χ1v) is 10.6. The van der Waals surface area contributed by atoms with Gasteiger partial charge >= 0.3 is 0 Å². The number of hydrogen-bond acceptors (Lipinski definition) is 5. The minimum Gasteiger partial charge on any atom is -0.348 e. The normalized spacial score (nSPS) is 20.2. The SMILES string of the molecule is CC(C)CCn1c(CNC(=O)C2CC3(CCNCC3)CN2)nc2cccnc21.Cl.Cl. The maximum absolute atomic E-state index is 12.8. The van der Waals surface area contributed by atoms with Crippen molar-refractivity contribution in [2.24, 2.45) is 11.3 Å². The average Bonchev–Trinajstić information content (AvgIpc) is 3.26. The molecule has 2 aromatic rings. The Bertz CT molecular complexity index is 834. The second-order valence-electron chi connectivity index (χ2n) is 8.81. The zero-order valence-corrected chi connectivity index (χ0v) is 19.5. The second-order valence-corrected chi connectivity index (χ2v) is 8.81. The molecule has 1 amide bonds. The fraction of sp³-hybridized carbons (Fsp3) is 0.667. The molecule has 0 aliphatic carbocycles. The van der Waals surface area contributed by atoms with Gasteiger partial charge < -0.3 is 20.5 Å². The van der Waals surface area contributed by atoms with Crippen LogP contribution in [0.1, 0.15) is 45.4 Å². The maximum atomic E-state index is 12.8. The Kier molecular flexibility index (Phi) is 8.91. The summed E-state index contributed by atoms with van der Waals surface area (Å²) >= 11 is 0. The molecule has 0 aromatic carbocycles. The summed E-state index contributed by atoms with van der Waals surface area (Å²) in [6.07, 6.45) is 6.11. The lowest BCUT2D eigenvalue weighted by Crippen LogP contribution is -2.40. The van der Waals surface area contributed by atoms with E-state index in [2.05, 4.69) is 39.3 Å². The minimum atomic E-state index is -0.0929. The number of fused-ring (bicyclic) bond motifs is 1. The van der Waals surface area contributed by atoms with Crippen molar-refractivity contribution in [3.05, 3.63) is 24.2 Å². The number of amides is 1. The third-order valence-electron chi connectivity index (χ3n) is 6.27. The van der Waals surface area contributed by atoms with Crippen molar-refractivity contribution >= 4 is 41.9 Å². The molecule has 30 heavy (non-hydrogen) atoms. The number of rotatable bonds is 6. The Morgan fingerprint density at radius 2 is 2.10 bits per heavy atom. The predicted octanol–water partition coefficient (Wildman–Crippen LogP) is 2.67. The quantitative estimate of drug-likeness (QED) is 0.621. The van der Waals surface area contributed by atoms with Crippen LogP contribution in [0.15, 0.2) is 18.3 Å². The Morgan fingerprint density at radius 1 is 1.33 bits per heavy atom. The third kappa shape index (κ3) is 5.44. The monoisotopic (exact) mass is 456 g/mol. The van der Waals surface area contributed by atoms with Gasteiger partial charge in [-0.15, -0.1) is 24.8 Å². The van der Waals surface area contributed by atoms with Gasteiger partial charge in [0, 0.05) is 19.3 Å². The molecule has 2 fully saturated rings. The molecule has 1 spiro atoms. The summed E-state index contributed by atoms with van der Waals surface area (Å²) in [6.45, 7) is 8.82. The van der Waals surface area contributed by atoms with Crippen LogP contribution in [0, 0.1) is 11.3 Å². The number of pyridine rings is 1. The lowest BCUT2D eigenvalue weighted by molar-refractivity contribution is -0.123. The Labute approximate surface area is 191 Å². The van der Waals surface area contributed by atoms with Crippen molar-refractivity contribution in [2.45, 2.75) is 58.7 Å². The van der Waals surface area contributed by atoms with E-state index in [9.17, 15) is 4.79 Å². The van der Waals surface area contributed by atoms with E-state index in [-0.39, 0.29) is 36.8 Å². The fourth-order valence-corrected chi connectivity index (χ4v) is 4.49. The summed E-state index contributed by atoms with van der Waals surface area (Å²) < 4.78 is 2.16. The maximum Gasteiger partial charge on any atom is 0.237 e. The van der Waals surface area contributed by atoms with E-state index in [0.29, 0.717) is 17.9 Å². The number of piperidine rings is 1. The smallest absolute Gasteiger partial charge is 0.237 e. The van der Waals surface area contributed by atoms with Crippen molar-refractivity contribution in [1.82, 2.24) is 30.5 Å². The Morgan fingerprint density at radius 3 is 2.83 bits per heavy atom. The van der Waals surface area contributed by atoms with Gasteiger partial charge in [-0.3, -0.25) is 4.79 Å². The van der Waals surface area contributed by atoms with E-state index >= 15 is 0 Å². The number of nitrogens with one attached hydrogen (secondary N) is 3. The molecule has 0 bridgehead atoms. The number of nitrogens with zero attached hydrogens (tertiary/aromatic N) is 3. The van der Waals surface area contributed by atoms with E-state index in [1.807, 2.05) is 12.1 Å². The Hall–Kier alpha value is -1.41. The summed E-state index contributed by atoms with van der Waals surface area (Å²) in [5.74, 6) is 1.58. The van der Waals surface area contributed by atoms with Crippen molar-refractivity contribution in [3.8, 4) is 0 Å². The van der Waals surface area contributed by atoms with Crippen LogP contribution in [-0.4, -0.2) is 46.1 Å². The first kappa shape index (κ1) is 24.9. The van der Waals surface area contributed by atoms with Gasteiger partial charge in [-0.2, -0.15) is 0 Å². The standard InChI is InChI=1S/C21H32N6O.2ClH/c1-15(2)5-11-27-18(26-16-4-3-8-23-19(16)27)13-24-20(28)17-12-21(14-25-17)6-9-22-10-7-21;;/h3-4,8,15,17,22,25H,5-7,9-14H2,1-2H3,(H,24,28);2*1H. The fourth-order valence-electron chi connectivity index (χ4n) is 4.49. The van der Waals surface area contributed by atoms with Crippen LogP contribution in [0.2, 0.25) is 0 Å². The molecule has 3 N–H and O–H groups in total. The molecule has 168 valence electrons. The molecule has 1 unspecified atom stereocenters. The van der Waals surface area contributed by atoms with Gasteiger partial charge in [0.15, 0.2) is 5.65 Å². The number of hydrogen-bond donors (Lipinski definition) is 3. The van der Waals surface area contributed by atoms with Gasteiger partial charge in [0.05, 0.1) is 12.6 Å². The number of aromatic nitrogens is 3. The highest BCUT2D eigenvalue weighted by atomic mass is 35.5. The first-order valence-electron chi connectivity index (χ1n) is 10.6. The van der Waals surface area contributed by atoms with Gasteiger partial charge in [0.1, 0.15) is 11.3 Å². The number of aryl methyl sites for hydroxylation is 1. The second kappa shape index (κ2) is 10.8. The minimum absolute atomic E-state index is 0. The molecule has 9 heteroatoms. The summed E-state index contributed by atoms with van der Waals surface area (Å²) in [7, 11) is 0. The van der Waals surface area contributed by atoms with Crippen molar-refractivity contribution in [1.29, 1.82) is 0 Å². The molecule has 7 nitrogen and oxygen atoms in total. The van der Waals surface area contributed by atoms with Gasteiger partial charge in [-0.1, -0.05) is 13.8 Å². The van der Waals surface area contributed by atoms with E-state index in [1.165, 1.54) is 0 Å². The van der Waals surface area contributed by atoms with Crippen LogP contribution >= 0.6 is 24.8 Å². The van der Waals surface area contributed by atoms with Crippen LogP contribution in [0.5, 0.6) is 0 Å². The number of carbonyl (C=O) groups excluding carboxylic acids is 1. The molecule has 4 rings (SSSR count). The molecule has 4 heterocycles. The van der Waals surface area contributed by atoms with Gasteiger partial charge in [0.25, 0.3) is 0 Å². The zero-order chi connectivity index (χ0) is 19.6. The highest BCUT2D eigenvalue weighted by molar-refractivity contribution is 5.85. The molecule has 2 aliphatic heterocycles. The molecule has 0 saturated carbocycles. The summed E-state index contributed by atoms with van der Waals surface area (Å²) in [5.41, 5.74) is 2.09. The zero-order valence-electron chi connectivity index (χ0n) is 17.8.